The Hall–Kier alpha value is -0.170. The molecule has 0 saturated carbocycles. The highest BCUT2D eigenvalue weighted by Gasteiger charge is 2.26. The van der Waals surface area contributed by atoms with Gasteiger partial charge in [0.05, 0.1) is 0 Å². The van der Waals surface area contributed by atoms with Crippen molar-refractivity contribution in [3.63, 3.8) is 0 Å². The Bertz CT molecular complexity index is 228. The van der Waals surface area contributed by atoms with E-state index in [1.807, 2.05) is 0 Å². The van der Waals surface area contributed by atoms with Gasteiger partial charge >= 0.3 is 0 Å². The third kappa shape index (κ3) is 1.06. The van der Waals surface area contributed by atoms with E-state index in [4.69, 9.17) is 0 Å². The Morgan fingerprint density at radius 3 is 1.09 bits per heavy atom. The van der Waals surface area contributed by atoms with Gasteiger partial charge in [0.2, 0.25) is 0 Å². The molecule has 64 valence electrons. The van der Waals surface area contributed by atoms with Crippen LogP contribution in [0.2, 0.25) is 0 Å². The van der Waals surface area contributed by atoms with Crippen molar-refractivity contribution in [1.82, 2.24) is 0 Å². The Kier molecular flexibility index (Phi) is 1.96. The molecule has 0 amide bonds. The minimum absolute atomic E-state index is 0.543. The highest BCUT2D eigenvalue weighted by Crippen LogP contribution is 2.62. The van der Waals surface area contributed by atoms with E-state index in [1.54, 1.807) is 9.81 Å². The largest absolute Gasteiger partial charge is 0.201 e. The van der Waals surface area contributed by atoms with E-state index in [2.05, 4.69) is 40.2 Å². The first kappa shape index (κ1) is 8.92. The zero-order valence-corrected chi connectivity index (χ0v) is 9.22. The topological polar surface area (TPSA) is 0 Å². The van der Waals surface area contributed by atoms with Gasteiger partial charge in [-0.25, -0.2) is 10.0 Å². The minimum atomic E-state index is -0.543. The molecule has 0 atom stereocenters. The lowest BCUT2D eigenvalue weighted by molar-refractivity contribution is 1.31. The number of hydrogen-bond donors (Lipinski definition) is 0. The first-order valence-electron chi connectivity index (χ1n) is 3.97. The van der Waals surface area contributed by atoms with Crippen molar-refractivity contribution in [2.24, 2.45) is 0 Å². The Labute approximate surface area is 71.7 Å². The van der Waals surface area contributed by atoms with Crippen molar-refractivity contribution in [2.75, 3.05) is 12.5 Å². The van der Waals surface area contributed by atoms with E-state index < -0.39 is 10.0 Å². The molecule has 0 spiro atoms. The molecule has 1 heteroatoms. The van der Waals surface area contributed by atoms with Gasteiger partial charge in [-0.15, -0.1) is 0 Å². The van der Waals surface area contributed by atoms with Gasteiger partial charge in [-0.1, -0.05) is 0 Å². The van der Waals surface area contributed by atoms with Gasteiger partial charge in [0.1, 0.15) is 0 Å². The maximum atomic E-state index is 2.39. The van der Waals surface area contributed by atoms with Crippen LogP contribution in [0.3, 0.4) is 0 Å². The quantitative estimate of drug-likeness (QED) is 0.520. The maximum Gasteiger partial charge on any atom is -0.0273 e. The molecule has 0 aromatic rings. The zero-order chi connectivity index (χ0) is 8.81. The van der Waals surface area contributed by atoms with Crippen molar-refractivity contribution in [2.45, 2.75) is 27.7 Å². The summed E-state index contributed by atoms with van der Waals surface area (Å²) in [6.45, 7) is 9.06. The summed E-state index contributed by atoms with van der Waals surface area (Å²) in [7, 11) is -0.543. The maximum absolute atomic E-state index is 2.39. The fourth-order valence-corrected chi connectivity index (χ4v) is 3.82. The smallest absolute Gasteiger partial charge is 0.0273 e. The van der Waals surface area contributed by atoms with Crippen molar-refractivity contribution < 1.29 is 0 Å². The average molecular weight is 170 g/mol. The zero-order valence-electron chi connectivity index (χ0n) is 8.41. The number of rotatable bonds is 0. The van der Waals surface area contributed by atoms with Crippen LogP contribution in [0.25, 0.3) is 0 Å². The molecule has 1 aliphatic heterocycles. The van der Waals surface area contributed by atoms with Crippen LogP contribution in [0, 0.1) is 0 Å². The molecule has 1 heterocycles. The van der Waals surface area contributed by atoms with E-state index >= 15 is 0 Å². The van der Waals surface area contributed by atoms with E-state index in [1.165, 1.54) is 11.1 Å². The summed E-state index contributed by atoms with van der Waals surface area (Å²) in [6, 6.07) is 0. The monoisotopic (exact) mass is 170 g/mol. The van der Waals surface area contributed by atoms with Crippen LogP contribution in [-0.4, -0.2) is 12.5 Å². The molecule has 0 fully saturated rings. The molecule has 0 saturated heterocycles. The van der Waals surface area contributed by atoms with Gasteiger partial charge in [-0.05, 0) is 61.2 Å². The molecule has 0 aromatic heterocycles. The van der Waals surface area contributed by atoms with Crippen LogP contribution in [0.4, 0.5) is 0 Å². The fraction of sp³-hybridized carbons (Fsp3) is 0.600. The number of hydrogen-bond acceptors (Lipinski definition) is 0. The van der Waals surface area contributed by atoms with Gasteiger partial charge in [0, 0.05) is 0 Å². The van der Waals surface area contributed by atoms with Crippen LogP contribution in [0.15, 0.2) is 21.0 Å². The predicted octanol–water partition coefficient (Wildman–Crippen LogP) is 3.65. The second-order valence-corrected chi connectivity index (χ2v) is 7.57. The van der Waals surface area contributed by atoms with Crippen LogP contribution in [0.1, 0.15) is 27.7 Å². The highest BCUT2D eigenvalue weighted by molar-refractivity contribution is 8.39. The molecule has 1 rings (SSSR count). The van der Waals surface area contributed by atoms with E-state index in [-0.39, 0.29) is 0 Å². The van der Waals surface area contributed by atoms with Gasteiger partial charge in [0.15, 0.2) is 0 Å². The first-order chi connectivity index (χ1) is 4.89. The SMILES string of the molecule is CC1=C(C)S(C)(C)C(C)=C1C. The molecule has 0 bridgehead atoms. The summed E-state index contributed by atoms with van der Waals surface area (Å²) in [5.74, 6) is 0. The summed E-state index contributed by atoms with van der Waals surface area (Å²) in [4.78, 5) is 3.24. The summed E-state index contributed by atoms with van der Waals surface area (Å²) < 4.78 is 0. The lowest BCUT2D eigenvalue weighted by Gasteiger charge is -2.30. The van der Waals surface area contributed by atoms with E-state index in [0.29, 0.717) is 0 Å². The van der Waals surface area contributed by atoms with Gasteiger partial charge in [-0.2, -0.15) is 0 Å². The van der Waals surface area contributed by atoms with Gasteiger partial charge in [0.25, 0.3) is 0 Å². The standard InChI is InChI=1S/C10H18S/c1-7-8(2)10(4)11(5,6)9(7)3/h1-6H3. The molecule has 0 unspecified atom stereocenters. The molecule has 11 heavy (non-hydrogen) atoms. The Morgan fingerprint density at radius 2 is 1.00 bits per heavy atom. The van der Waals surface area contributed by atoms with Crippen LogP contribution in [-0.2, 0) is 0 Å². The molecule has 0 aromatic carbocycles. The summed E-state index contributed by atoms with van der Waals surface area (Å²) >= 11 is 0. The molecule has 0 N–H and O–H groups in total. The molecule has 0 radical (unpaired) electrons. The summed E-state index contributed by atoms with van der Waals surface area (Å²) in [6.07, 6.45) is 4.77. The molecular formula is C10H18S. The van der Waals surface area contributed by atoms with Crippen molar-refractivity contribution >= 4 is 10.0 Å². The molecule has 1 aliphatic rings. The molecule has 0 nitrogen and oxygen atoms in total. The predicted molar refractivity (Wildman–Crippen MR) is 56.2 cm³/mol. The van der Waals surface area contributed by atoms with Crippen LogP contribution < -0.4 is 0 Å². The van der Waals surface area contributed by atoms with Gasteiger partial charge < -0.3 is 0 Å². The summed E-state index contributed by atoms with van der Waals surface area (Å²) in [5.41, 5.74) is 3.06. The van der Waals surface area contributed by atoms with Crippen LogP contribution in [0.5, 0.6) is 0 Å². The summed E-state index contributed by atoms with van der Waals surface area (Å²) in [5, 5.41) is 0. The van der Waals surface area contributed by atoms with E-state index in [0.717, 1.165) is 0 Å². The van der Waals surface area contributed by atoms with Crippen molar-refractivity contribution in [3.05, 3.63) is 21.0 Å². The van der Waals surface area contributed by atoms with E-state index in [9.17, 15) is 0 Å². The second-order valence-electron chi connectivity index (χ2n) is 3.69. The molecular weight excluding hydrogens is 152 g/mol. The number of allylic oxidation sites excluding steroid dienone is 4. The lowest BCUT2D eigenvalue weighted by Crippen LogP contribution is -1.93. The Balaban J connectivity index is 3.27. The van der Waals surface area contributed by atoms with Crippen molar-refractivity contribution in [3.8, 4) is 0 Å². The first-order valence-corrected chi connectivity index (χ1v) is 6.42. The van der Waals surface area contributed by atoms with Gasteiger partial charge in [-0.3, -0.25) is 0 Å². The second kappa shape index (κ2) is 2.41. The fourth-order valence-electron chi connectivity index (χ4n) is 1.52. The van der Waals surface area contributed by atoms with Crippen molar-refractivity contribution in [1.29, 1.82) is 0 Å². The molecule has 0 aliphatic carbocycles. The Morgan fingerprint density at radius 1 is 0.727 bits per heavy atom. The average Bonchev–Trinajstić information content (AvgIpc) is 2.06. The normalized spacial score (nSPS) is 26.4. The van der Waals surface area contributed by atoms with Crippen LogP contribution >= 0.6 is 10.0 Å². The highest BCUT2D eigenvalue weighted by atomic mass is 32.3. The third-order valence-electron chi connectivity index (χ3n) is 3.15. The lowest BCUT2D eigenvalue weighted by atomic mass is 10.1. The third-order valence-corrected chi connectivity index (χ3v) is 6.82. The minimum Gasteiger partial charge on any atom is -0.201 e.